The van der Waals surface area contributed by atoms with Crippen molar-refractivity contribution in [2.75, 3.05) is 11.9 Å². The maximum atomic E-state index is 13.4. The zero-order valence-corrected chi connectivity index (χ0v) is 13.2. The number of benzene rings is 2. The van der Waals surface area contributed by atoms with E-state index in [-0.39, 0.29) is 18.0 Å². The molecule has 0 aliphatic rings. The molecule has 124 valence electrons. The number of carbonyl (C=O) groups is 1. The first-order valence-electron chi connectivity index (χ1n) is 7.30. The molecule has 7 heteroatoms. The lowest BCUT2D eigenvalue weighted by Crippen LogP contribution is -2.20. The van der Waals surface area contributed by atoms with Gasteiger partial charge in [-0.1, -0.05) is 12.1 Å². The second kappa shape index (κ2) is 6.19. The molecule has 0 unspecified atom stereocenters. The Balaban J connectivity index is 1.73. The molecule has 1 heterocycles. The topological polar surface area (TPSA) is 65.3 Å². The van der Waals surface area contributed by atoms with Crippen LogP contribution in [-0.4, -0.2) is 21.6 Å². The van der Waals surface area contributed by atoms with Crippen LogP contribution in [0.5, 0.6) is 5.75 Å². The van der Waals surface area contributed by atoms with E-state index < -0.39 is 11.7 Å². The number of anilines is 1. The van der Waals surface area contributed by atoms with E-state index in [0.717, 1.165) is 5.52 Å². The highest BCUT2D eigenvalue weighted by atomic mass is 19.1. The third-order valence-corrected chi connectivity index (χ3v) is 3.75. The third-order valence-electron chi connectivity index (χ3n) is 3.75. The van der Waals surface area contributed by atoms with Gasteiger partial charge in [0.25, 0.3) is 5.91 Å². The maximum absolute atomic E-state index is 13.4. The van der Waals surface area contributed by atoms with Gasteiger partial charge in [0, 0.05) is 19.8 Å². The molecule has 0 aliphatic carbocycles. The van der Waals surface area contributed by atoms with Crippen LogP contribution in [-0.2, 0) is 18.9 Å². The number of ether oxygens (including phenoxy) is 1. The molecule has 0 aliphatic heterocycles. The van der Waals surface area contributed by atoms with Gasteiger partial charge < -0.3 is 10.1 Å². The van der Waals surface area contributed by atoms with Crippen molar-refractivity contribution in [1.29, 1.82) is 0 Å². The van der Waals surface area contributed by atoms with E-state index in [1.54, 1.807) is 44.4 Å². The summed E-state index contributed by atoms with van der Waals surface area (Å²) in [6.45, 7) is -0.313. The Kier molecular flexibility index (Phi) is 4.07. The summed E-state index contributed by atoms with van der Waals surface area (Å²) in [5, 5.41) is 2.67. The first-order chi connectivity index (χ1) is 11.5. The summed E-state index contributed by atoms with van der Waals surface area (Å²) in [6.07, 6.45) is 0. The van der Waals surface area contributed by atoms with Crippen molar-refractivity contribution < 1.29 is 13.9 Å². The van der Waals surface area contributed by atoms with Crippen molar-refractivity contribution in [3.8, 4) is 5.75 Å². The normalized spacial score (nSPS) is 10.8. The van der Waals surface area contributed by atoms with Crippen molar-refractivity contribution in [2.45, 2.75) is 0 Å². The minimum absolute atomic E-state index is 0.0218. The van der Waals surface area contributed by atoms with Crippen molar-refractivity contribution >= 4 is 22.6 Å². The third kappa shape index (κ3) is 2.88. The minimum Gasteiger partial charge on any atom is -0.481 e. The van der Waals surface area contributed by atoms with Gasteiger partial charge in [0.2, 0.25) is 0 Å². The van der Waals surface area contributed by atoms with E-state index in [0.29, 0.717) is 11.2 Å². The zero-order valence-electron chi connectivity index (χ0n) is 13.2. The van der Waals surface area contributed by atoms with Gasteiger partial charge in [-0.3, -0.25) is 13.9 Å². The van der Waals surface area contributed by atoms with Crippen molar-refractivity contribution in [1.82, 2.24) is 9.13 Å². The monoisotopic (exact) mass is 329 g/mol. The Bertz CT molecular complexity index is 975. The summed E-state index contributed by atoms with van der Waals surface area (Å²) in [4.78, 5) is 23.9. The van der Waals surface area contributed by atoms with E-state index in [1.807, 2.05) is 0 Å². The summed E-state index contributed by atoms with van der Waals surface area (Å²) in [7, 11) is 3.35. The summed E-state index contributed by atoms with van der Waals surface area (Å²) in [5.74, 6) is -0.918. The van der Waals surface area contributed by atoms with E-state index in [4.69, 9.17) is 4.74 Å². The Hall–Kier alpha value is -3.09. The van der Waals surface area contributed by atoms with Crippen LogP contribution < -0.4 is 15.7 Å². The van der Waals surface area contributed by atoms with Crippen LogP contribution in [0, 0.1) is 5.82 Å². The fourth-order valence-corrected chi connectivity index (χ4v) is 2.49. The molecular weight excluding hydrogens is 313 g/mol. The predicted octanol–water partition coefficient (Wildman–Crippen LogP) is 2.03. The molecule has 3 rings (SSSR count). The van der Waals surface area contributed by atoms with E-state index in [1.165, 1.54) is 21.3 Å². The SMILES string of the molecule is Cn1c(=O)n(C)c2cc(NC(=O)COc3ccccc3F)ccc21. The molecule has 0 bridgehead atoms. The number of hydrogen-bond acceptors (Lipinski definition) is 3. The molecule has 6 nitrogen and oxygen atoms in total. The fourth-order valence-electron chi connectivity index (χ4n) is 2.49. The van der Waals surface area contributed by atoms with Crippen LogP contribution in [0.25, 0.3) is 11.0 Å². The second-order valence-electron chi connectivity index (χ2n) is 5.37. The molecule has 1 amide bonds. The van der Waals surface area contributed by atoms with Crippen LogP contribution in [0.2, 0.25) is 0 Å². The van der Waals surface area contributed by atoms with Gasteiger partial charge in [0.15, 0.2) is 18.2 Å². The first kappa shape index (κ1) is 15.8. The van der Waals surface area contributed by atoms with E-state index >= 15 is 0 Å². The van der Waals surface area contributed by atoms with Crippen LogP contribution >= 0.6 is 0 Å². The lowest BCUT2D eigenvalue weighted by atomic mass is 10.2. The number of fused-ring (bicyclic) bond motifs is 1. The summed E-state index contributed by atoms with van der Waals surface area (Å²) >= 11 is 0. The van der Waals surface area contributed by atoms with Crippen molar-refractivity contribution in [2.24, 2.45) is 14.1 Å². The Morgan fingerprint density at radius 1 is 1.12 bits per heavy atom. The molecule has 0 atom stereocenters. The highest BCUT2D eigenvalue weighted by Gasteiger charge is 2.10. The summed E-state index contributed by atoms with van der Waals surface area (Å²) in [5.41, 5.74) is 1.86. The quantitative estimate of drug-likeness (QED) is 0.796. The molecule has 0 spiro atoms. The highest BCUT2D eigenvalue weighted by Crippen LogP contribution is 2.18. The standard InChI is InChI=1S/C17H16FN3O3/c1-20-13-8-7-11(9-14(13)21(2)17(20)23)19-16(22)10-24-15-6-4-3-5-12(15)18/h3-9H,10H2,1-2H3,(H,19,22). The van der Waals surface area contributed by atoms with Crippen LogP contribution in [0.1, 0.15) is 0 Å². The first-order valence-corrected chi connectivity index (χ1v) is 7.30. The lowest BCUT2D eigenvalue weighted by molar-refractivity contribution is -0.118. The number of imidazole rings is 1. The van der Waals surface area contributed by atoms with Gasteiger partial charge in [-0.15, -0.1) is 0 Å². The molecule has 0 saturated heterocycles. The molecule has 3 aromatic rings. The lowest BCUT2D eigenvalue weighted by Gasteiger charge is -2.08. The van der Waals surface area contributed by atoms with Crippen molar-refractivity contribution in [3.05, 3.63) is 58.8 Å². The second-order valence-corrected chi connectivity index (χ2v) is 5.37. The number of aromatic nitrogens is 2. The molecule has 0 fully saturated rings. The fraction of sp³-hybridized carbons (Fsp3) is 0.176. The number of rotatable bonds is 4. The predicted molar refractivity (Wildman–Crippen MR) is 88.7 cm³/mol. The smallest absolute Gasteiger partial charge is 0.328 e. The van der Waals surface area contributed by atoms with Gasteiger partial charge >= 0.3 is 5.69 Å². The molecule has 1 N–H and O–H groups in total. The number of hydrogen-bond donors (Lipinski definition) is 1. The number of carbonyl (C=O) groups excluding carboxylic acids is 1. The van der Waals surface area contributed by atoms with Gasteiger partial charge in [-0.2, -0.15) is 0 Å². The van der Waals surface area contributed by atoms with Crippen LogP contribution in [0.15, 0.2) is 47.3 Å². The Morgan fingerprint density at radius 3 is 2.58 bits per heavy atom. The average molecular weight is 329 g/mol. The molecular formula is C17H16FN3O3. The molecule has 1 aromatic heterocycles. The number of halogens is 1. The largest absolute Gasteiger partial charge is 0.481 e. The molecule has 2 aromatic carbocycles. The minimum atomic E-state index is -0.522. The van der Waals surface area contributed by atoms with Crippen LogP contribution in [0.4, 0.5) is 10.1 Å². The van der Waals surface area contributed by atoms with Gasteiger partial charge in [0.1, 0.15) is 0 Å². The van der Waals surface area contributed by atoms with Crippen molar-refractivity contribution in [3.63, 3.8) is 0 Å². The number of nitrogens with zero attached hydrogens (tertiary/aromatic N) is 2. The summed E-state index contributed by atoms with van der Waals surface area (Å²) < 4.78 is 21.6. The summed E-state index contributed by atoms with van der Waals surface area (Å²) in [6, 6.07) is 11.0. The van der Waals surface area contributed by atoms with Gasteiger partial charge in [0.05, 0.1) is 11.0 Å². The number of aryl methyl sites for hydroxylation is 2. The van der Waals surface area contributed by atoms with Gasteiger partial charge in [-0.25, -0.2) is 9.18 Å². The molecule has 24 heavy (non-hydrogen) atoms. The molecule has 0 radical (unpaired) electrons. The maximum Gasteiger partial charge on any atom is 0.328 e. The van der Waals surface area contributed by atoms with Gasteiger partial charge in [-0.05, 0) is 30.3 Å². The van der Waals surface area contributed by atoms with E-state index in [2.05, 4.69) is 5.32 Å². The Labute approximate surface area is 137 Å². The average Bonchev–Trinajstić information content (AvgIpc) is 2.78. The van der Waals surface area contributed by atoms with E-state index in [9.17, 15) is 14.0 Å². The number of para-hydroxylation sites is 1. The Morgan fingerprint density at radius 2 is 1.83 bits per heavy atom. The highest BCUT2D eigenvalue weighted by molar-refractivity contribution is 5.94. The molecule has 0 saturated carbocycles. The van der Waals surface area contributed by atoms with Crippen LogP contribution in [0.3, 0.4) is 0 Å². The zero-order chi connectivity index (χ0) is 17.3. The number of amides is 1. The number of nitrogens with one attached hydrogen (secondary N) is 1.